The van der Waals surface area contributed by atoms with E-state index in [2.05, 4.69) is 6.92 Å². The van der Waals surface area contributed by atoms with Crippen LogP contribution in [0.15, 0.2) is 0 Å². The van der Waals surface area contributed by atoms with Crippen molar-refractivity contribution in [3.63, 3.8) is 0 Å². The minimum Gasteiger partial charge on any atom is -0.379 e. The molecule has 1 saturated heterocycles. The molecule has 0 aromatic heterocycles. The van der Waals surface area contributed by atoms with Crippen LogP contribution >= 0.6 is 0 Å². The molecule has 6 nitrogen and oxygen atoms in total. The quantitative estimate of drug-likeness (QED) is 0.294. The zero-order chi connectivity index (χ0) is 17.0. The molecule has 0 unspecified atom stereocenters. The molecule has 0 aliphatic carbocycles. The minimum absolute atomic E-state index is 0.126. The third-order valence-electron chi connectivity index (χ3n) is 4.52. The Kier molecular flexibility index (Phi) is 10.3. The number of unbranched alkanes of at least 4 members (excludes halogenated alkanes) is 2. The van der Waals surface area contributed by atoms with Crippen molar-refractivity contribution in [1.29, 1.82) is 0 Å². The second kappa shape index (κ2) is 11.4. The minimum atomic E-state index is -3.82. The van der Waals surface area contributed by atoms with Gasteiger partial charge in [-0.2, -0.15) is 8.42 Å². The number of nitrogens with zero attached hydrogens (tertiary/aromatic N) is 1. The SMILES string of the molecule is CCCCOCCOCC[N+]1(CCCCS(=O)(=O)O)CCCC1. The van der Waals surface area contributed by atoms with Gasteiger partial charge in [-0.25, -0.2) is 0 Å². The van der Waals surface area contributed by atoms with Gasteiger partial charge < -0.3 is 14.0 Å². The summed E-state index contributed by atoms with van der Waals surface area (Å²) < 4.78 is 42.5. The summed E-state index contributed by atoms with van der Waals surface area (Å²) in [7, 11) is -3.82. The Morgan fingerprint density at radius 2 is 1.57 bits per heavy atom. The van der Waals surface area contributed by atoms with Crippen LogP contribution < -0.4 is 0 Å². The maximum Gasteiger partial charge on any atom is 0.264 e. The molecule has 23 heavy (non-hydrogen) atoms. The molecule has 1 heterocycles. The second-order valence-corrected chi connectivity index (χ2v) is 8.09. The van der Waals surface area contributed by atoms with Crippen LogP contribution in [0.5, 0.6) is 0 Å². The lowest BCUT2D eigenvalue weighted by Crippen LogP contribution is -2.48. The van der Waals surface area contributed by atoms with Gasteiger partial charge in [0.15, 0.2) is 0 Å². The summed E-state index contributed by atoms with van der Waals surface area (Å²) in [6.45, 7) is 9.27. The van der Waals surface area contributed by atoms with E-state index in [9.17, 15) is 8.42 Å². The third-order valence-corrected chi connectivity index (χ3v) is 5.33. The highest BCUT2D eigenvalue weighted by molar-refractivity contribution is 7.85. The van der Waals surface area contributed by atoms with Gasteiger partial charge in [-0.1, -0.05) is 13.3 Å². The van der Waals surface area contributed by atoms with Gasteiger partial charge >= 0.3 is 0 Å². The molecule has 138 valence electrons. The molecule has 1 fully saturated rings. The van der Waals surface area contributed by atoms with Crippen LogP contribution in [0.1, 0.15) is 45.4 Å². The van der Waals surface area contributed by atoms with Crippen LogP contribution in [0.4, 0.5) is 0 Å². The van der Waals surface area contributed by atoms with Gasteiger partial charge in [0, 0.05) is 19.4 Å². The molecule has 0 aromatic carbocycles. The first-order valence-electron chi connectivity index (χ1n) is 8.93. The summed E-state index contributed by atoms with van der Waals surface area (Å²) in [5, 5.41) is 0. The first kappa shape index (κ1) is 20.8. The fraction of sp³-hybridized carbons (Fsp3) is 1.00. The molecule has 1 aliphatic heterocycles. The van der Waals surface area contributed by atoms with E-state index in [0.717, 1.165) is 63.1 Å². The van der Waals surface area contributed by atoms with Crippen molar-refractivity contribution in [3.05, 3.63) is 0 Å². The van der Waals surface area contributed by atoms with Gasteiger partial charge in [-0.05, 0) is 19.3 Å². The largest absolute Gasteiger partial charge is 0.379 e. The predicted octanol–water partition coefficient (Wildman–Crippen LogP) is 2.10. The van der Waals surface area contributed by atoms with Crippen LogP contribution in [-0.2, 0) is 19.6 Å². The topological polar surface area (TPSA) is 72.8 Å². The zero-order valence-electron chi connectivity index (χ0n) is 14.5. The Labute approximate surface area is 141 Å². The van der Waals surface area contributed by atoms with Crippen molar-refractivity contribution in [2.24, 2.45) is 0 Å². The number of rotatable bonds is 14. The van der Waals surface area contributed by atoms with Crippen LogP contribution in [-0.4, -0.2) is 75.8 Å². The maximum absolute atomic E-state index is 10.8. The summed E-state index contributed by atoms with van der Waals surface area (Å²) in [6.07, 6.45) is 6.09. The van der Waals surface area contributed by atoms with E-state index < -0.39 is 10.1 Å². The molecule has 7 heteroatoms. The first-order chi connectivity index (χ1) is 11.0. The second-order valence-electron chi connectivity index (χ2n) is 6.51. The van der Waals surface area contributed by atoms with Gasteiger partial charge in [-0.3, -0.25) is 4.55 Å². The molecule has 0 radical (unpaired) electrons. The molecular weight excluding hydrogens is 318 g/mol. The van der Waals surface area contributed by atoms with E-state index in [1.54, 1.807) is 0 Å². The highest BCUT2D eigenvalue weighted by Crippen LogP contribution is 2.20. The van der Waals surface area contributed by atoms with Gasteiger partial charge in [0.05, 0.1) is 45.2 Å². The zero-order valence-corrected chi connectivity index (χ0v) is 15.4. The molecule has 0 aromatic rings. The molecule has 0 atom stereocenters. The standard InChI is InChI=1S/C16H33NO5S/c1-2-3-12-21-14-15-22-13-11-17(8-4-5-9-17)10-6-7-16-23(18,19)20/h2-16H2,1H3/p+1. The van der Waals surface area contributed by atoms with E-state index in [0.29, 0.717) is 19.6 Å². The molecule has 1 rings (SSSR count). The van der Waals surface area contributed by atoms with Crippen molar-refractivity contribution in [2.75, 3.05) is 58.4 Å². The summed E-state index contributed by atoms with van der Waals surface area (Å²) in [6, 6.07) is 0. The van der Waals surface area contributed by atoms with E-state index in [-0.39, 0.29) is 5.75 Å². The predicted molar refractivity (Wildman–Crippen MR) is 91.2 cm³/mol. The molecule has 0 bridgehead atoms. The molecule has 0 amide bonds. The van der Waals surface area contributed by atoms with Crippen molar-refractivity contribution < 1.29 is 26.9 Å². The number of ether oxygens (including phenoxy) is 2. The van der Waals surface area contributed by atoms with Gasteiger partial charge in [0.1, 0.15) is 6.54 Å². The molecule has 0 spiro atoms. The Bertz CT molecular complexity index is 393. The Morgan fingerprint density at radius 1 is 0.913 bits per heavy atom. The van der Waals surface area contributed by atoms with Crippen LogP contribution in [0.25, 0.3) is 0 Å². The highest BCUT2D eigenvalue weighted by Gasteiger charge is 2.31. The normalized spacial score (nSPS) is 17.7. The lowest BCUT2D eigenvalue weighted by atomic mass is 10.2. The summed E-state index contributed by atoms with van der Waals surface area (Å²) >= 11 is 0. The van der Waals surface area contributed by atoms with Crippen molar-refractivity contribution in [1.82, 2.24) is 0 Å². The Hall–Kier alpha value is -0.210. The maximum atomic E-state index is 10.8. The summed E-state index contributed by atoms with van der Waals surface area (Å²) in [5.74, 6) is -0.126. The third kappa shape index (κ3) is 10.3. The van der Waals surface area contributed by atoms with Crippen LogP contribution in [0.3, 0.4) is 0 Å². The average molecular weight is 353 g/mol. The molecule has 1 aliphatic rings. The lowest BCUT2D eigenvalue weighted by molar-refractivity contribution is -0.917. The lowest BCUT2D eigenvalue weighted by Gasteiger charge is -2.34. The highest BCUT2D eigenvalue weighted by atomic mass is 32.2. The molecule has 1 N–H and O–H groups in total. The van der Waals surface area contributed by atoms with E-state index >= 15 is 0 Å². The Balaban J connectivity index is 2.13. The fourth-order valence-corrected chi connectivity index (χ4v) is 3.69. The number of quaternary nitrogens is 1. The molecule has 0 saturated carbocycles. The van der Waals surface area contributed by atoms with E-state index in [1.165, 1.54) is 12.8 Å². The number of likely N-dealkylation sites (tertiary alicyclic amines) is 1. The average Bonchev–Trinajstić information content (AvgIpc) is 2.95. The van der Waals surface area contributed by atoms with E-state index in [1.807, 2.05) is 0 Å². The monoisotopic (exact) mass is 352 g/mol. The van der Waals surface area contributed by atoms with Crippen LogP contribution in [0.2, 0.25) is 0 Å². The first-order valence-corrected chi connectivity index (χ1v) is 10.5. The van der Waals surface area contributed by atoms with Gasteiger partial charge in [-0.15, -0.1) is 0 Å². The summed E-state index contributed by atoms with van der Waals surface area (Å²) in [5.41, 5.74) is 0. The smallest absolute Gasteiger partial charge is 0.264 e. The molecular formula is C16H34NO5S+. The Morgan fingerprint density at radius 3 is 2.17 bits per heavy atom. The van der Waals surface area contributed by atoms with E-state index in [4.69, 9.17) is 14.0 Å². The number of hydrogen-bond donors (Lipinski definition) is 1. The van der Waals surface area contributed by atoms with Gasteiger partial charge in [0.2, 0.25) is 0 Å². The van der Waals surface area contributed by atoms with Crippen molar-refractivity contribution in [2.45, 2.75) is 45.4 Å². The van der Waals surface area contributed by atoms with Crippen molar-refractivity contribution in [3.8, 4) is 0 Å². The van der Waals surface area contributed by atoms with Crippen molar-refractivity contribution >= 4 is 10.1 Å². The summed E-state index contributed by atoms with van der Waals surface area (Å²) in [4.78, 5) is 0. The van der Waals surface area contributed by atoms with Crippen LogP contribution in [0, 0.1) is 0 Å². The van der Waals surface area contributed by atoms with Gasteiger partial charge in [0.25, 0.3) is 10.1 Å². The fourth-order valence-electron chi connectivity index (χ4n) is 3.12. The number of hydrogen-bond acceptors (Lipinski definition) is 4.